The molecule has 1 aliphatic rings. The highest BCUT2D eigenvalue weighted by molar-refractivity contribution is 7.56. The van der Waals surface area contributed by atoms with Crippen molar-refractivity contribution in [3.05, 3.63) is 42.2 Å². The van der Waals surface area contributed by atoms with E-state index in [1.807, 2.05) is 31.9 Å². The third-order valence-corrected chi connectivity index (χ3v) is 8.90. The van der Waals surface area contributed by atoms with Crippen molar-refractivity contribution in [3.8, 4) is 0 Å². The summed E-state index contributed by atoms with van der Waals surface area (Å²) in [5.74, 6) is -2.54. The zero-order chi connectivity index (χ0) is 29.9. The summed E-state index contributed by atoms with van der Waals surface area (Å²) in [5, 5.41) is 2.78. The topological polar surface area (TPSA) is 147 Å². The molecule has 0 aliphatic carbocycles. The van der Waals surface area contributed by atoms with Crippen molar-refractivity contribution in [2.75, 3.05) is 30.8 Å². The predicted molar refractivity (Wildman–Crippen MR) is 154 cm³/mol. The maximum Gasteiger partial charge on any atom is 0.323 e. The van der Waals surface area contributed by atoms with Crippen LogP contribution in [0.3, 0.4) is 0 Å². The van der Waals surface area contributed by atoms with E-state index in [0.717, 1.165) is 0 Å². The molecule has 41 heavy (non-hydrogen) atoms. The number of hydrogen-bond donors (Lipinski definition) is 2. The van der Waals surface area contributed by atoms with Crippen LogP contribution in [0.5, 0.6) is 0 Å². The number of fused-ring (bicyclic) bond motifs is 1. The number of esters is 1. The van der Waals surface area contributed by atoms with Gasteiger partial charge in [-0.05, 0) is 33.3 Å². The minimum atomic E-state index is -3.79. The number of alkyl halides is 1. The number of benzene rings is 1. The molecule has 2 aromatic heterocycles. The van der Waals surface area contributed by atoms with Gasteiger partial charge in [0.2, 0.25) is 11.8 Å². The molecule has 0 saturated carbocycles. The van der Waals surface area contributed by atoms with Gasteiger partial charge in [0.05, 0.1) is 18.6 Å². The molecule has 1 unspecified atom stereocenters. The number of nitrogens with two attached hydrogens (primary N) is 1. The molecule has 14 heteroatoms. The summed E-state index contributed by atoms with van der Waals surface area (Å²) in [4.78, 5) is 27.5. The molecule has 0 amide bonds. The number of anilines is 2. The highest BCUT2D eigenvalue weighted by Crippen LogP contribution is 2.50. The Bertz CT molecular complexity index is 1410. The SMILES string of the molecule is CCN(C)c1nc(N)nc2c1ncn2[C@@H]1O[C@](F)(COP(=O)(Cc2ccccc2)N[C@@H](C)C(=O)OC(C)C)C[C@@H]1C. The van der Waals surface area contributed by atoms with Gasteiger partial charge in [-0.15, -0.1) is 0 Å². The molecular weight excluding hydrogens is 552 g/mol. The first-order valence-electron chi connectivity index (χ1n) is 13.7. The predicted octanol–water partition coefficient (Wildman–Crippen LogP) is 4.43. The van der Waals surface area contributed by atoms with Gasteiger partial charge in [-0.2, -0.15) is 9.97 Å². The second-order valence-electron chi connectivity index (χ2n) is 10.7. The van der Waals surface area contributed by atoms with Crippen molar-refractivity contribution >= 4 is 36.4 Å². The number of aromatic nitrogens is 4. The smallest absolute Gasteiger partial charge is 0.323 e. The number of nitrogens with one attached hydrogen (secondary N) is 1. The average molecular weight is 592 g/mol. The summed E-state index contributed by atoms with van der Waals surface area (Å²) in [6, 6.07) is 8.05. The van der Waals surface area contributed by atoms with Crippen LogP contribution < -0.4 is 15.7 Å². The Morgan fingerprint density at radius 2 is 2.02 bits per heavy atom. The van der Waals surface area contributed by atoms with E-state index < -0.39 is 38.2 Å². The minimum absolute atomic E-state index is 0.0318. The van der Waals surface area contributed by atoms with E-state index in [9.17, 15) is 9.36 Å². The number of carbonyl (C=O) groups excluding carboxylic acids is 1. The molecule has 12 nitrogen and oxygen atoms in total. The molecule has 3 N–H and O–H groups in total. The van der Waals surface area contributed by atoms with Crippen LogP contribution in [0.4, 0.5) is 16.2 Å². The lowest BCUT2D eigenvalue weighted by Crippen LogP contribution is -2.37. The number of rotatable bonds is 12. The molecule has 5 atom stereocenters. The number of carbonyl (C=O) groups is 1. The molecule has 3 heterocycles. The lowest BCUT2D eigenvalue weighted by atomic mass is 10.1. The Kier molecular flexibility index (Phi) is 9.32. The van der Waals surface area contributed by atoms with Gasteiger partial charge in [-0.1, -0.05) is 37.3 Å². The van der Waals surface area contributed by atoms with Crippen molar-refractivity contribution < 1.29 is 27.7 Å². The summed E-state index contributed by atoms with van der Waals surface area (Å²) in [6.45, 7) is 8.84. The fraction of sp³-hybridized carbons (Fsp3) is 0.556. The van der Waals surface area contributed by atoms with Crippen LogP contribution in [0.2, 0.25) is 0 Å². The van der Waals surface area contributed by atoms with Gasteiger partial charge in [-0.25, -0.2) is 14.5 Å². The van der Waals surface area contributed by atoms with Crippen LogP contribution in [0, 0.1) is 5.92 Å². The molecule has 0 bridgehead atoms. The molecule has 224 valence electrons. The quantitative estimate of drug-likeness (QED) is 0.228. The van der Waals surface area contributed by atoms with Gasteiger partial charge in [0, 0.05) is 25.9 Å². The average Bonchev–Trinajstić information content (AvgIpc) is 3.46. The van der Waals surface area contributed by atoms with Crippen LogP contribution in [0.25, 0.3) is 11.2 Å². The Morgan fingerprint density at radius 1 is 1.32 bits per heavy atom. The van der Waals surface area contributed by atoms with Crippen molar-refractivity contribution in [1.29, 1.82) is 0 Å². The van der Waals surface area contributed by atoms with Crippen molar-refractivity contribution in [3.63, 3.8) is 0 Å². The van der Waals surface area contributed by atoms with E-state index in [0.29, 0.717) is 29.1 Å². The van der Waals surface area contributed by atoms with Crippen LogP contribution in [0.15, 0.2) is 36.7 Å². The fourth-order valence-electron chi connectivity index (χ4n) is 4.74. The largest absolute Gasteiger partial charge is 0.462 e. The fourth-order valence-corrected chi connectivity index (χ4v) is 6.79. The summed E-state index contributed by atoms with van der Waals surface area (Å²) in [6.07, 6.45) is 0.320. The first-order chi connectivity index (χ1) is 19.3. The van der Waals surface area contributed by atoms with Gasteiger partial charge in [0.15, 0.2) is 17.0 Å². The number of ether oxygens (including phenoxy) is 2. The molecule has 0 radical (unpaired) electrons. The van der Waals surface area contributed by atoms with Crippen LogP contribution in [0.1, 0.15) is 52.8 Å². The van der Waals surface area contributed by atoms with E-state index in [4.69, 9.17) is 19.7 Å². The van der Waals surface area contributed by atoms with Crippen molar-refractivity contribution in [2.24, 2.45) is 5.92 Å². The summed E-state index contributed by atoms with van der Waals surface area (Å²) < 4.78 is 48.8. The Balaban J connectivity index is 1.54. The highest BCUT2D eigenvalue weighted by Gasteiger charge is 2.48. The molecule has 1 aromatic carbocycles. The van der Waals surface area contributed by atoms with Gasteiger partial charge in [0.25, 0.3) is 7.52 Å². The number of nitrogens with zero attached hydrogens (tertiary/aromatic N) is 5. The minimum Gasteiger partial charge on any atom is -0.462 e. The number of halogens is 1. The third-order valence-electron chi connectivity index (χ3n) is 6.79. The Hall–Kier alpha value is -3.12. The van der Waals surface area contributed by atoms with Gasteiger partial charge < -0.3 is 24.6 Å². The normalized spacial score (nSPS) is 23.0. The van der Waals surface area contributed by atoms with Crippen molar-refractivity contribution in [2.45, 2.75) is 71.4 Å². The maximum absolute atomic E-state index is 16.2. The van der Waals surface area contributed by atoms with Crippen LogP contribution in [-0.2, 0) is 29.5 Å². The van der Waals surface area contributed by atoms with E-state index in [1.54, 1.807) is 42.7 Å². The summed E-state index contributed by atoms with van der Waals surface area (Å²) >= 11 is 0. The van der Waals surface area contributed by atoms with Crippen LogP contribution >= 0.6 is 7.52 Å². The molecule has 1 saturated heterocycles. The molecule has 1 fully saturated rings. The van der Waals surface area contributed by atoms with Crippen molar-refractivity contribution in [1.82, 2.24) is 24.6 Å². The van der Waals surface area contributed by atoms with E-state index in [-0.39, 0.29) is 30.6 Å². The second-order valence-corrected chi connectivity index (χ2v) is 12.9. The Morgan fingerprint density at radius 3 is 2.68 bits per heavy atom. The molecule has 4 rings (SSSR count). The van der Waals surface area contributed by atoms with Gasteiger partial charge in [-0.3, -0.25) is 13.9 Å². The zero-order valence-electron chi connectivity index (χ0n) is 24.3. The van der Waals surface area contributed by atoms with Gasteiger partial charge in [0.1, 0.15) is 18.9 Å². The molecular formula is C27H39FN7O5P. The number of hydrogen-bond acceptors (Lipinski definition) is 10. The highest BCUT2D eigenvalue weighted by atomic mass is 31.2. The zero-order valence-corrected chi connectivity index (χ0v) is 25.2. The van der Waals surface area contributed by atoms with Gasteiger partial charge >= 0.3 is 5.97 Å². The summed E-state index contributed by atoms with van der Waals surface area (Å²) in [5.41, 5.74) is 7.62. The number of nitrogen functional groups attached to an aromatic ring is 1. The monoisotopic (exact) mass is 591 g/mol. The molecule has 1 aliphatic heterocycles. The lowest BCUT2D eigenvalue weighted by Gasteiger charge is -2.27. The lowest BCUT2D eigenvalue weighted by molar-refractivity contribution is -0.172. The Labute approximate surface area is 239 Å². The maximum atomic E-state index is 16.2. The van der Waals surface area contributed by atoms with Crippen LogP contribution in [-0.4, -0.2) is 63.7 Å². The molecule has 3 aromatic rings. The van der Waals surface area contributed by atoms with E-state index in [2.05, 4.69) is 20.0 Å². The third kappa shape index (κ3) is 7.21. The first kappa shape index (κ1) is 30.8. The second kappa shape index (κ2) is 12.4. The summed E-state index contributed by atoms with van der Waals surface area (Å²) in [7, 11) is -1.92. The standard InChI is InChI=1S/C27H39FN7O5P/c1-7-34(6)22-21-23(32-26(29)31-22)35(16-30-21)24-18(4)13-27(28,40-24)15-38-41(37,14-20-11-9-8-10-12-20)33-19(5)25(36)39-17(2)3/h8-12,16-19,24H,7,13-15H2,1-6H3,(H,33,37)(H2,29,31,32)/t18-,19-,24+,27-,41?/m0/s1. The van der Waals surface area contributed by atoms with E-state index in [1.165, 1.54) is 13.3 Å². The number of imidazole rings is 1. The van der Waals surface area contributed by atoms with E-state index >= 15 is 4.39 Å². The molecule has 0 spiro atoms. The first-order valence-corrected chi connectivity index (χ1v) is 15.5.